The van der Waals surface area contributed by atoms with E-state index in [1.165, 1.54) is 4.68 Å². The SMILES string of the molecule is O=C(Cn1ncc(=O)c2ccccc21)Nc1ccc(F)cc1F. The zero-order valence-corrected chi connectivity index (χ0v) is 11.8. The van der Waals surface area contributed by atoms with E-state index in [9.17, 15) is 18.4 Å². The first-order valence-electron chi connectivity index (χ1n) is 6.74. The van der Waals surface area contributed by atoms with Crippen LogP contribution in [0.15, 0.2) is 53.5 Å². The zero-order valence-electron chi connectivity index (χ0n) is 11.8. The minimum Gasteiger partial charge on any atom is -0.322 e. The lowest BCUT2D eigenvalue weighted by Gasteiger charge is -2.10. The third-order valence-electron chi connectivity index (χ3n) is 3.26. The number of para-hydroxylation sites is 1. The van der Waals surface area contributed by atoms with Crippen molar-refractivity contribution < 1.29 is 13.6 Å². The molecular formula is C16H11F2N3O2. The minimum atomic E-state index is -0.865. The van der Waals surface area contributed by atoms with E-state index < -0.39 is 17.5 Å². The fraction of sp³-hybridized carbons (Fsp3) is 0.0625. The molecule has 1 heterocycles. The number of halogens is 2. The van der Waals surface area contributed by atoms with Gasteiger partial charge >= 0.3 is 0 Å². The lowest BCUT2D eigenvalue weighted by Crippen LogP contribution is -2.22. The van der Waals surface area contributed by atoms with Gasteiger partial charge in [0.15, 0.2) is 0 Å². The number of amides is 1. The Morgan fingerprint density at radius 3 is 2.74 bits per heavy atom. The van der Waals surface area contributed by atoms with Crippen molar-refractivity contribution in [3.63, 3.8) is 0 Å². The zero-order chi connectivity index (χ0) is 16.4. The topological polar surface area (TPSA) is 64.0 Å². The van der Waals surface area contributed by atoms with Gasteiger partial charge in [0.2, 0.25) is 11.3 Å². The molecule has 1 aromatic heterocycles. The molecule has 0 aliphatic heterocycles. The number of carbonyl (C=O) groups excluding carboxylic acids is 1. The molecule has 0 saturated carbocycles. The van der Waals surface area contributed by atoms with Crippen LogP contribution in [0.1, 0.15) is 0 Å². The Morgan fingerprint density at radius 1 is 1.17 bits per heavy atom. The largest absolute Gasteiger partial charge is 0.322 e. The van der Waals surface area contributed by atoms with Gasteiger partial charge in [0.25, 0.3) is 0 Å². The first-order chi connectivity index (χ1) is 11.0. The number of nitrogens with one attached hydrogen (secondary N) is 1. The molecule has 2 aromatic carbocycles. The quantitative estimate of drug-likeness (QED) is 0.807. The number of carbonyl (C=O) groups is 1. The van der Waals surface area contributed by atoms with Crippen LogP contribution < -0.4 is 10.7 Å². The fourth-order valence-electron chi connectivity index (χ4n) is 2.20. The molecule has 3 aromatic rings. The van der Waals surface area contributed by atoms with Crippen molar-refractivity contribution in [1.82, 2.24) is 9.78 Å². The van der Waals surface area contributed by atoms with Gasteiger partial charge < -0.3 is 5.32 Å². The molecule has 0 atom stereocenters. The highest BCUT2D eigenvalue weighted by Gasteiger charge is 2.11. The van der Waals surface area contributed by atoms with Crippen LogP contribution in [-0.4, -0.2) is 15.7 Å². The highest BCUT2D eigenvalue weighted by atomic mass is 19.1. The van der Waals surface area contributed by atoms with E-state index in [0.717, 1.165) is 18.3 Å². The standard InChI is InChI=1S/C16H11F2N3O2/c17-10-5-6-13(12(18)7-10)20-16(23)9-21-14-4-2-1-3-11(14)15(22)8-19-21/h1-8H,9H2,(H,20,23). The van der Waals surface area contributed by atoms with Gasteiger partial charge in [-0.05, 0) is 24.3 Å². The van der Waals surface area contributed by atoms with Gasteiger partial charge in [-0.25, -0.2) is 8.78 Å². The summed E-state index contributed by atoms with van der Waals surface area (Å²) in [6.07, 6.45) is 1.12. The van der Waals surface area contributed by atoms with Gasteiger partial charge in [0, 0.05) is 11.5 Å². The van der Waals surface area contributed by atoms with Crippen LogP contribution >= 0.6 is 0 Å². The van der Waals surface area contributed by atoms with E-state index in [-0.39, 0.29) is 17.7 Å². The highest BCUT2D eigenvalue weighted by molar-refractivity contribution is 5.91. The maximum absolute atomic E-state index is 13.5. The summed E-state index contributed by atoms with van der Waals surface area (Å²) in [5.41, 5.74) is 0.123. The third-order valence-corrected chi connectivity index (χ3v) is 3.26. The molecule has 5 nitrogen and oxygen atoms in total. The summed E-state index contributed by atoms with van der Waals surface area (Å²) in [5, 5.41) is 6.69. The van der Waals surface area contributed by atoms with Crippen molar-refractivity contribution in [3.05, 3.63) is 70.5 Å². The molecule has 0 aliphatic rings. The predicted octanol–water partition coefficient (Wildman–Crippen LogP) is 2.31. The number of nitrogens with zero attached hydrogens (tertiary/aromatic N) is 2. The Morgan fingerprint density at radius 2 is 1.96 bits per heavy atom. The number of benzene rings is 2. The molecule has 3 rings (SSSR count). The maximum Gasteiger partial charge on any atom is 0.246 e. The lowest BCUT2D eigenvalue weighted by molar-refractivity contribution is -0.116. The maximum atomic E-state index is 13.5. The molecule has 1 amide bonds. The molecule has 0 spiro atoms. The fourth-order valence-corrected chi connectivity index (χ4v) is 2.20. The van der Waals surface area contributed by atoms with Crippen molar-refractivity contribution in [3.8, 4) is 0 Å². The molecule has 0 radical (unpaired) electrons. The number of anilines is 1. The summed E-state index contributed by atoms with van der Waals surface area (Å²) in [6, 6.07) is 9.59. The van der Waals surface area contributed by atoms with Gasteiger partial charge in [-0.2, -0.15) is 5.10 Å². The number of rotatable bonds is 3. The van der Waals surface area contributed by atoms with E-state index in [1.54, 1.807) is 24.3 Å². The van der Waals surface area contributed by atoms with E-state index in [2.05, 4.69) is 10.4 Å². The van der Waals surface area contributed by atoms with Gasteiger partial charge in [0.05, 0.1) is 17.4 Å². The predicted molar refractivity (Wildman–Crippen MR) is 81.0 cm³/mol. The van der Waals surface area contributed by atoms with Crippen molar-refractivity contribution in [2.75, 3.05) is 5.32 Å². The second-order valence-electron chi connectivity index (χ2n) is 4.86. The average molecular weight is 315 g/mol. The summed E-state index contributed by atoms with van der Waals surface area (Å²) >= 11 is 0. The molecule has 116 valence electrons. The molecule has 0 unspecified atom stereocenters. The molecule has 0 bridgehead atoms. The number of aromatic nitrogens is 2. The van der Waals surface area contributed by atoms with E-state index in [1.807, 2.05) is 0 Å². The van der Waals surface area contributed by atoms with Crippen molar-refractivity contribution >= 4 is 22.5 Å². The third kappa shape index (κ3) is 3.08. The number of hydrogen-bond acceptors (Lipinski definition) is 3. The van der Waals surface area contributed by atoms with Crippen LogP contribution in [-0.2, 0) is 11.3 Å². The van der Waals surface area contributed by atoms with E-state index in [4.69, 9.17) is 0 Å². The van der Waals surface area contributed by atoms with Crippen LogP contribution in [0.2, 0.25) is 0 Å². The molecule has 0 aliphatic carbocycles. The Balaban J connectivity index is 1.86. The Labute approximate surface area is 129 Å². The second-order valence-corrected chi connectivity index (χ2v) is 4.86. The van der Waals surface area contributed by atoms with Gasteiger partial charge in [-0.15, -0.1) is 0 Å². The first-order valence-corrected chi connectivity index (χ1v) is 6.74. The second kappa shape index (κ2) is 5.96. The summed E-state index contributed by atoms with van der Waals surface area (Å²) < 4.78 is 27.7. The molecule has 0 fully saturated rings. The molecule has 23 heavy (non-hydrogen) atoms. The Bertz CT molecular complexity index is 953. The van der Waals surface area contributed by atoms with E-state index >= 15 is 0 Å². The van der Waals surface area contributed by atoms with Crippen molar-refractivity contribution in [2.45, 2.75) is 6.54 Å². The smallest absolute Gasteiger partial charge is 0.246 e. The summed E-state index contributed by atoms with van der Waals surface area (Å²) in [4.78, 5) is 23.8. The number of hydrogen-bond donors (Lipinski definition) is 1. The van der Waals surface area contributed by atoms with Gasteiger partial charge in [-0.1, -0.05) is 12.1 Å². The summed E-state index contributed by atoms with van der Waals surface area (Å²) in [6.45, 7) is -0.211. The lowest BCUT2D eigenvalue weighted by atomic mass is 10.2. The van der Waals surface area contributed by atoms with Crippen LogP contribution in [0.5, 0.6) is 0 Å². The van der Waals surface area contributed by atoms with Crippen molar-refractivity contribution in [2.24, 2.45) is 0 Å². The molecule has 1 N–H and O–H groups in total. The monoisotopic (exact) mass is 315 g/mol. The van der Waals surface area contributed by atoms with Crippen LogP contribution in [0.3, 0.4) is 0 Å². The minimum absolute atomic E-state index is 0.123. The van der Waals surface area contributed by atoms with E-state index in [0.29, 0.717) is 17.0 Å². The van der Waals surface area contributed by atoms with Crippen molar-refractivity contribution in [1.29, 1.82) is 0 Å². The van der Waals surface area contributed by atoms with Crippen LogP contribution in [0.4, 0.5) is 14.5 Å². The normalized spacial score (nSPS) is 10.7. The van der Waals surface area contributed by atoms with Crippen LogP contribution in [0.25, 0.3) is 10.9 Å². The summed E-state index contributed by atoms with van der Waals surface area (Å²) in [5.74, 6) is -2.14. The Kier molecular flexibility index (Phi) is 3.84. The van der Waals surface area contributed by atoms with Gasteiger partial charge in [0.1, 0.15) is 18.2 Å². The number of fused-ring (bicyclic) bond motifs is 1. The van der Waals surface area contributed by atoms with Gasteiger partial charge in [-0.3, -0.25) is 14.3 Å². The Hall–Kier alpha value is -3.09. The van der Waals surface area contributed by atoms with Crippen LogP contribution in [0, 0.1) is 11.6 Å². The summed E-state index contributed by atoms with van der Waals surface area (Å²) in [7, 11) is 0. The first kappa shape index (κ1) is 14.8. The average Bonchev–Trinajstić information content (AvgIpc) is 2.53. The molecule has 7 heteroatoms. The molecule has 0 saturated heterocycles. The highest BCUT2D eigenvalue weighted by Crippen LogP contribution is 2.15. The molecular weight excluding hydrogens is 304 g/mol.